The monoisotopic (exact) mass is 756 g/mol. The minimum atomic E-state index is -0.756. The van der Waals surface area contributed by atoms with Gasteiger partial charge in [-0.3, -0.25) is 9.59 Å². The lowest BCUT2D eigenvalue weighted by molar-refractivity contribution is -0.136. The van der Waals surface area contributed by atoms with Gasteiger partial charge in [0.1, 0.15) is 40.9 Å². The van der Waals surface area contributed by atoms with Gasteiger partial charge in [-0.1, -0.05) is 53.4 Å². The molecule has 0 unspecified atom stereocenters. The van der Waals surface area contributed by atoms with E-state index in [9.17, 15) is 19.2 Å². The second-order valence-corrected chi connectivity index (χ2v) is 15.0. The zero-order valence-corrected chi connectivity index (χ0v) is 32.5. The molecule has 2 aliphatic heterocycles. The van der Waals surface area contributed by atoms with Gasteiger partial charge in [0.25, 0.3) is 0 Å². The summed E-state index contributed by atoms with van der Waals surface area (Å²) in [6.07, 6.45) is 3.17. The standard InChI is InChI=1S/C40H49FN8O6/c1-22(2)33(46-39(52)54-7)37(50)48-20-24(5)15-31(48)35-42-18-28(44-35)13-10-26-9-11-27(30(41)17-26)12-14-29-19-43-36(45-29)32-16-25(6)21-49(32)38(51)34(23(3)4)47-40(53)55-8/h9,11,17-19,22-25,31-34H,15-16,20-21H2,1-8H3,(H,42,44)(H,43,45)(H,46,52)(H,47,53)/t24-,25-,31-,32-,33-,34-/m0/s1. The van der Waals surface area contributed by atoms with Crippen molar-refractivity contribution in [2.75, 3.05) is 27.3 Å². The van der Waals surface area contributed by atoms with Crippen LogP contribution in [0.3, 0.4) is 0 Å². The molecule has 0 bridgehead atoms. The first-order chi connectivity index (χ1) is 26.2. The smallest absolute Gasteiger partial charge is 0.407 e. The Bertz CT molecular complexity index is 2020. The number of aromatic nitrogens is 4. The molecule has 6 atom stereocenters. The summed E-state index contributed by atoms with van der Waals surface area (Å²) in [5, 5.41) is 5.30. The van der Waals surface area contributed by atoms with Crippen molar-refractivity contribution in [2.45, 2.75) is 78.6 Å². The Hall–Kier alpha value is -5.83. The van der Waals surface area contributed by atoms with E-state index < -0.39 is 30.1 Å². The molecule has 4 N–H and O–H groups in total. The summed E-state index contributed by atoms with van der Waals surface area (Å²) in [6.45, 7) is 12.6. The number of rotatable bonds is 8. The number of hydrogen-bond acceptors (Lipinski definition) is 8. The number of aromatic amines is 2. The number of imidazole rings is 2. The quantitative estimate of drug-likeness (QED) is 0.241. The molecule has 0 spiro atoms. The third-order valence-electron chi connectivity index (χ3n) is 9.83. The number of alkyl carbamates (subject to hydrolysis) is 2. The Kier molecular flexibility index (Phi) is 12.9. The molecule has 292 valence electrons. The molecule has 0 aliphatic carbocycles. The van der Waals surface area contributed by atoms with Crippen molar-refractivity contribution in [3.8, 4) is 23.7 Å². The number of likely N-dealkylation sites (tertiary alicyclic amines) is 2. The first-order valence-corrected chi connectivity index (χ1v) is 18.4. The first-order valence-electron chi connectivity index (χ1n) is 18.4. The fourth-order valence-electron chi connectivity index (χ4n) is 6.96. The predicted octanol–water partition coefficient (Wildman–Crippen LogP) is 4.65. The lowest BCUT2D eigenvalue weighted by atomic mass is 10.0. The van der Waals surface area contributed by atoms with Crippen LogP contribution in [0.2, 0.25) is 0 Å². The van der Waals surface area contributed by atoms with Gasteiger partial charge in [-0.25, -0.2) is 23.9 Å². The number of nitrogens with one attached hydrogen (secondary N) is 4. The molecule has 14 nitrogen and oxygen atoms in total. The number of carbonyl (C=O) groups is 4. The van der Waals surface area contributed by atoms with Gasteiger partial charge in [0.05, 0.1) is 44.3 Å². The number of benzene rings is 1. The largest absolute Gasteiger partial charge is 0.453 e. The summed E-state index contributed by atoms with van der Waals surface area (Å²) in [4.78, 5) is 69.8. The normalized spacial score (nSPS) is 20.3. The maximum absolute atomic E-state index is 15.2. The van der Waals surface area contributed by atoms with Crippen LogP contribution in [0.1, 0.15) is 101 Å². The van der Waals surface area contributed by atoms with Crippen molar-refractivity contribution in [2.24, 2.45) is 23.7 Å². The number of nitrogens with zero attached hydrogens (tertiary/aromatic N) is 4. The zero-order valence-electron chi connectivity index (χ0n) is 32.5. The summed E-state index contributed by atoms with van der Waals surface area (Å²) in [5.74, 6) is 12.0. The zero-order chi connectivity index (χ0) is 40.0. The van der Waals surface area contributed by atoms with Gasteiger partial charge in [-0.05, 0) is 66.6 Å². The van der Waals surface area contributed by atoms with E-state index in [1.54, 1.807) is 34.3 Å². The molecule has 3 aromatic rings. The molecule has 1 aromatic carbocycles. The molecule has 0 radical (unpaired) electrons. The molecule has 4 heterocycles. The van der Waals surface area contributed by atoms with E-state index in [4.69, 9.17) is 9.47 Å². The van der Waals surface area contributed by atoms with Crippen molar-refractivity contribution >= 4 is 24.0 Å². The van der Waals surface area contributed by atoms with Crippen LogP contribution >= 0.6 is 0 Å². The van der Waals surface area contributed by atoms with E-state index in [1.165, 1.54) is 20.3 Å². The van der Waals surface area contributed by atoms with Crippen LogP contribution < -0.4 is 10.6 Å². The summed E-state index contributed by atoms with van der Waals surface area (Å²) in [7, 11) is 2.51. The fraction of sp³-hybridized carbons (Fsp3) is 0.500. The second-order valence-electron chi connectivity index (χ2n) is 15.0. The number of ether oxygens (including phenoxy) is 2. The Labute approximate surface area is 320 Å². The average Bonchev–Trinajstić information content (AvgIpc) is 3.97. The van der Waals surface area contributed by atoms with Gasteiger partial charge in [-0.15, -0.1) is 0 Å². The van der Waals surface area contributed by atoms with Crippen LogP contribution in [0, 0.1) is 53.2 Å². The van der Waals surface area contributed by atoms with Crippen molar-refractivity contribution in [1.29, 1.82) is 0 Å². The lowest BCUT2D eigenvalue weighted by Gasteiger charge is -2.30. The highest BCUT2D eigenvalue weighted by Crippen LogP contribution is 2.36. The maximum Gasteiger partial charge on any atom is 0.407 e. The molecule has 2 aliphatic rings. The maximum atomic E-state index is 15.2. The summed E-state index contributed by atoms with van der Waals surface area (Å²) in [5.41, 5.74) is 1.58. The van der Waals surface area contributed by atoms with Gasteiger partial charge >= 0.3 is 12.2 Å². The Morgan fingerprint density at radius 3 is 1.64 bits per heavy atom. The molecule has 4 amide bonds. The van der Waals surface area contributed by atoms with E-state index in [0.717, 1.165) is 0 Å². The molecular weight excluding hydrogens is 707 g/mol. The molecule has 0 saturated carbocycles. The van der Waals surface area contributed by atoms with Crippen molar-refractivity contribution in [3.05, 3.63) is 70.6 Å². The van der Waals surface area contributed by atoms with Crippen molar-refractivity contribution in [3.63, 3.8) is 0 Å². The van der Waals surface area contributed by atoms with Crippen LogP contribution in [0.5, 0.6) is 0 Å². The number of hydrogen-bond donors (Lipinski definition) is 4. The number of methoxy groups -OCH3 is 2. The molecule has 15 heteroatoms. The highest BCUT2D eigenvalue weighted by atomic mass is 19.1. The SMILES string of the molecule is COC(=O)N[C@H](C(=O)N1C[C@@H](C)C[C@H]1c1ncc(C#Cc2ccc(C#Cc3cnc([C@@H]4C[C@H](C)CN4C(=O)[C@@H](NC(=O)OC)C(C)C)[nH]3)c(F)c2)[nH]1)C(C)C. The Balaban J connectivity index is 1.26. The van der Waals surface area contributed by atoms with Gasteiger partial charge in [0.15, 0.2) is 0 Å². The van der Waals surface area contributed by atoms with Crippen LogP contribution in [-0.2, 0) is 19.1 Å². The predicted molar refractivity (Wildman–Crippen MR) is 200 cm³/mol. The van der Waals surface area contributed by atoms with E-state index >= 15 is 4.39 Å². The van der Waals surface area contributed by atoms with Crippen molar-refractivity contribution < 1.29 is 33.0 Å². The highest BCUT2D eigenvalue weighted by Gasteiger charge is 2.41. The number of carbonyl (C=O) groups excluding carboxylic acids is 4. The van der Waals surface area contributed by atoms with Crippen LogP contribution in [0.4, 0.5) is 14.0 Å². The minimum Gasteiger partial charge on any atom is -0.453 e. The highest BCUT2D eigenvalue weighted by molar-refractivity contribution is 5.87. The average molecular weight is 757 g/mol. The van der Waals surface area contributed by atoms with Crippen LogP contribution in [-0.4, -0.2) is 93.1 Å². The van der Waals surface area contributed by atoms with E-state index in [0.29, 0.717) is 54.5 Å². The summed E-state index contributed by atoms with van der Waals surface area (Å²) < 4.78 is 24.6. The number of H-pyrrole nitrogens is 2. The third kappa shape index (κ3) is 9.65. The lowest BCUT2D eigenvalue weighted by Crippen LogP contribution is -2.51. The minimum absolute atomic E-state index is 0.157. The van der Waals surface area contributed by atoms with Crippen LogP contribution in [0.25, 0.3) is 0 Å². The third-order valence-corrected chi connectivity index (χ3v) is 9.83. The topological polar surface area (TPSA) is 175 Å². The molecule has 2 saturated heterocycles. The van der Waals surface area contributed by atoms with E-state index in [2.05, 4.69) is 68.1 Å². The molecule has 55 heavy (non-hydrogen) atoms. The Morgan fingerprint density at radius 2 is 1.22 bits per heavy atom. The van der Waals surface area contributed by atoms with E-state index in [1.807, 2.05) is 27.7 Å². The summed E-state index contributed by atoms with van der Waals surface area (Å²) >= 11 is 0. The van der Waals surface area contributed by atoms with Gasteiger partial charge < -0.3 is 39.9 Å². The molecule has 2 aromatic heterocycles. The van der Waals surface area contributed by atoms with Gasteiger partial charge in [-0.2, -0.15) is 0 Å². The molecule has 2 fully saturated rings. The molecule has 5 rings (SSSR count). The first kappa shape index (κ1) is 40.4. The van der Waals surface area contributed by atoms with Crippen LogP contribution in [0.15, 0.2) is 30.6 Å². The Morgan fingerprint density at radius 1 is 0.764 bits per heavy atom. The molecular formula is C40H49FN8O6. The number of halogens is 1. The second kappa shape index (κ2) is 17.5. The number of amides is 4. The van der Waals surface area contributed by atoms with Gasteiger partial charge in [0.2, 0.25) is 11.8 Å². The summed E-state index contributed by atoms with van der Waals surface area (Å²) in [6, 6.07) is 2.37. The fourth-order valence-corrected chi connectivity index (χ4v) is 6.96. The van der Waals surface area contributed by atoms with Crippen molar-refractivity contribution in [1.82, 2.24) is 40.4 Å². The van der Waals surface area contributed by atoms with Gasteiger partial charge in [0, 0.05) is 18.7 Å². The van der Waals surface area contributed by atoms with E-state index in [-0.39, 0.29) is 53.1 Å².